The molecule has 0 aromatic carbocycles. The molecule has 2 amide bonds. The van der Waals surface area contributed by atoms with Crippen LogP contribution in [0.4, 0.5) is 5.13 Å². The Balaban J connectivity index is 0.00000320. The van der Waals surface area contributed by atoms with Gasteiger partial charge in [-0.15, -0.1) is 49.7 Å². The number of nitrogens with one attached hydrogen (secondary N) is 1. The molecule has 3 aromatic rings. The number of oxime groups is 1. The molecule has 0 aliphatic carbocycles. The summed E-state index contributed by atoms with van der Waals surface area (Å²) in [7, 11) is 1.27. The summed E-state index contributed by atoms with van der Waals surface area (Å²) < 4.78 is 1.37. The van der Waals surface area contributed by atoms with E-state index >= 15 is 0 Å². The predicted octanol–water partition coefficient (Wildman–Crippen LogP) is -4.29. The van der Waals surface area contributed by atoms with Crippen LogP contribution < -0.4 is 45.7 Å². The molecule has 3 aromatic heterocycles. The number of hydrogen-bond donors (Lipinski definition) is 2. The number of thiazole rings is 1. The number of amides is 2. The first-order valence-electron chi connectivity index (χ1n) is 10.2. The minimum absolute atomic E-state index is 0. The number of fused-ring (bicyclic) bond motifs is 2. The fourth-order valence-electron chi connectivity index (χ4n) is 3.63. The number of thioether (sulfide) groups is 2. The maximum Gasteiger partial charge on any atom is 1.00 e. The molecule has 0 unspecified atom stereocenters. The second kappa shape index (κ2) is 11.4. The predicted molar refractivity (Wildman–Crippen MR) is 129 cm³/mol. The zero-order chi connectivity index (χ0) is 25.4. The van der Waals surface area contributed by atoms with Crippen LogP contribution in [0.25, 0.3) is 5.65 Å². The molecule has 5 heterocycles. The largest absolute Gasteiger partial charge is 1.00 e. The third kappa shape index (κ3) is 5.32. The molecule has 0 radical (unpaired) electrons. The van der Waals surface area contributed by atoms with Crippen molar-refractivity contribution in [3.8, 4) is 0 Å². The molecule has 37 heavy (non-hydrogen) atoms. The molecular weight excluding hydrogens is 553 g/mol. The summed E-state index contributed by atoms with van der Waals surface area (Å²) in [5.74, 6) is -2.14. The Labute approximate surface area is 243 Å². The maximum absolute atomic E-state index is 12.9. The molecule has 5 rings (SSSR count). The number of nitrogens with two attached hydrogens (primary N) is 1. The molecule has 1 saturated heterocycles. The van der Waals surface area contributed by atoms with Crippen molar-refractivity contribution in [2.45, 2.75) is 16.4 Å². The van der Waals surface area contributed by atoms with Gasteiger partial charge in [0.25, 0.3) is 11.8 Å². The van der Waals surface area contributed by atoms with E-state index in [2.05, 4.69) is 30.6 Å². The number of rotatable bonds is 8. The third-order valence-electron chi connectivity index (χ3n) is 5.21. The first kappa shape index (κ1) is 27.3. The number of carboxylic acid groups (broad SMARTS) is 1. The molecule has 0 spiro atoms. The SMILES string of the molecule is CO/N=C(\C(=O)N[C@@H]1C(=O)N2C(C(=O)[O-])=C(CSc3ccc4ncnn4n3)CS[C@@H]12)c1csc(N)n1.[Na+]. The molecule has 2 aliphatic rings. The number of carbonyl (C=O) groups is 3. The number of aliphatic carboxylic acids is 1. The van der Waals surface area contributed by atoms with Crippen molar-refractivity contribution in [1.29, 1.82) is 0 Å². The van der Waals surface area contributed by atoms with E-state index in [9.17, 15) is 19.5 Å². The smallest absolute Gasteiger partial charge is 0.543 e. The van der Waals surface area contributed by atoms with Gasteiger partial charge in [-0.25, -0.2) is 9.97 Å². The van der Waals surface area contributed by atoms with Crippen molar-refractivity contribution in [2.75, 3.05) is 24.3 Å². The van der Waals surface area contributed by atoms with Gasteiger partial charge in [0.05, 0.1) is 11.7 Å². The summed E-state index contributed by atoms with van der Waals surface area (Å²) in [6, 6.07) is 2.54. The van der Waals surface area contributed by atoms with Gasteiger partial charge in [0.1, 0.15) is 35.6 Å². The van der Waals surface area contributed by atoms with Gasteiger partial charge in [-0.1, -0.05) is 5.16 Å². The number of nitrogens with zero attached hydrogens (tertiary/aromatic N) is 7. The van der Waals surface area contributed by atoms with Gasteiger partial charge in [0.15, 0.2) is 16.5 Å². The summed E-state index contributed by atoms with van der Waals surface area (Å²) in [5, 5.41) is 28.4. The van der Waals surface area contributed by atoms with Gasteiger partial charge in [-0.2, -0.15) is 0 Å². The number of carbonyl (C=O) groups excluding carboxylic acids is 3. The van der Waals surface area contributed by atoms with Crippen LogP contribution in [0.5, 0.6) is 0 Å². The van der Waals surface area contributed by atoms with Crippen LogP contribution >= 0.6 is 34.9 Å². The molecule has 186 valence electrons. The van der Waals surface area contributed by atoms with Crippen LogP contribution in [0.3, 0.4) is 0 Å². The van der Waals surface area contributed by atoms with Gasteiger partial charge in [-0.3, -0.25) is 14.5 Å². The van der Waals surface area contributed by atoms with Gasteiger partial charge in [0.2, 0.25) is 0 Å². The monoisotopic (exact) mass is 569 g/mol. The van der Waals surface area contributed by atoms with Gasteiger partial charge in [0, 0.05) is 16.9 Å². The summed E-state index contributed by atoms with van der Waals surface area (Å²) in [6.07, 6.45) is 1.38. The molecule has 0 saturated carbocycles. The quantitative estimate of drug-likeness (QED) is 0.0873. The Bertz CT molecular complexity index is 1440. The van der Waals surface area contributed by atoms with Gasteiger partial charge >= 0.3 is 29.6 Å². The average Bonchev–Trinajstić information content (AvgIpc) is 3.51. The van der Waals surface area contributed by atoms with Crippen LogP contribution in [0.2, 0.25) is 0 Å². The van der Waals surface area contributed by atoms with Gasteiger partial charge < -0.3 is 25.8 Å². The number of anilines is 1. The summed E-state index contributed by atoms with van der Waals surface area (Å²) in [5.41, 5.74) is 6.59. The molecule has 0 bridgehead atoms. The first-order valence-corrected chi connectivity index (χ1v) is 13.1. The Hall–Kier alpha value is -2.70. The molecule has 2 aliphatic heterocycles. The van der Waals surface area contributed by atoms with Crippen molar-refractivity contribution in [1.82, 2.24) is 35.0 Å². The van der Waals surface area contributed by atoms with E-state index in [4.69, 9.17) is 10.6 Å². The van der Waals surface area contributed by atoms with E-state index in [1.165, 1.54) is 47.0 Å². The van der Waals surface area contributed by atoms with Crippen LogP contribution in [-0.2, 0) is 19.2 Å². The molecule has 1 fully saturated rings. The van der Waals surface area contributed by atoms with Gasteiger partial charge in [-0.05, 0) is 17.7 Å². The Kier molecular flexibility index (Phi) is 8.39. The number of carboxylic acids is 1. The summed E-state index contributed by atoms with van der Waals surface area (Å²) in [6.45, 7) is 0. The molecular formula is C19H16N9NaO5S3. The zero-order valence-corrected chi connectivity index (χ0v) is 23.8. The number of hydrogen-bond acceptors (Lipinski definition) is 14. The second-order valence-electron chi connectivity index (χ2n) is 7.36. The molecule has 18 heteroatoms. The molecule has 14 nitrogen and oxygen atoms in total. The zero-order valence-electron chi connectivity index (χ0n) is 19.4. The van der Waals surface area contributed by atoms with Crippen LogP contribution in [0.1, 0.15) is 5.69 Å². The number of nitrogen functional groups attached to an aromatic ring is 1. The van der Waals surface area contributed by atoms with E-state index in [-0.39, 0.29) is 57.5 Å². The van der Waals surface area contributed by atoms with Crippen LogP contribution in [-0.4, -0.2) is 83.2 Å². The van der Waals surface area contributed by atoms with E-state index in [1.54, 1.807) is 12.1 Å². The number of aromatic nitrogens is 5. The maximum atomic E-state index is 12.9. The second-order valence-corrected chi connectivity index (χ2v) is 10.4. The van der Waals surface area contributed by atoms with E-state index in [0.29, 0.717) is 22.0 Å². The summed E-state index contributed by atoms with van der Waals surface area (Å²) in [4.78, 5) is 51.7. The topological polar surface area (TPSA) is 193 Å². The molecule has 3 N–H and O–H groups in total. The van der Waals surface area contributed by atoms with E-state index in [0.717, 1.165) is 16.2 Å². The number of β-lactam (4-membered cyclic amide) rings is 1. The van der Waals surface area contributed by atoms with E-state index < -0.39 is 29.2 Å². The van der Waals surface area contributed by atoms with Crippen LogP contribution in [0, 0.1) is 0 Å². The Morgan fingerprint density at radius 3 is 2.92 bits per heavy atom. The fourth-order valence-corrected chi connectivity index (χ4v) is 6.51. The minimum Gasteiger partial charge on any atom is -0.543 e. The fraction of sp³-hybridized carbons (Fsp3) is 0.263. The average molecular weight is 570 g/mol. The molecule has 2 atom stereocenters. The normalized spacial score (nSPS) is 19.2. The van der Waals surface area contributed by atoms with Crippen molar-refractivity contribution in [3.05, 3.63) is 40.8 Å². The third-order valence-corrected chi connectivity index (χ3v) is 8.23. The Morgan fingerprint density at radius 1 is 1.41 bits per heavy atom. The van der Waals surface area contributed by atoms with Crippen molar-refractivity contribution < 1.29 is 53.9 Å². The first-order chi connectivity index (χ1) is 17.4. The Morgan fingerprint density at radius 2 is 2.22 bits per heavy atom. The summed E-state index contributed by atoms with van der Waals surface area (Å²) >= 11 is 3.75. The standard InChI is InChI=1S/C19H17N9O5S3.Na/c1-33-26-12(9-6-36-19(20)23-9)15(29)24-13-16(30)27-14(18(31)32)8(5-35-17(13)27)4-34-11-3-2-10-21-7-22-28(10)25-11;/h2-3,6-7,13,17H,4-5H2,1H3,(H2,20,23)(H,24,29)(H,31,32);/q;+1/p-1/b26-12-;/t13-,17+;/m1./s1. The minimum atomic E-state index is -1.46. The van der Waals surface area contributed by atoms with Crippen molar-refractivity contribution in [3.63, 3.8) is 0 Å². The van der Waals surface area contributed by atoms with Crippen molar-refractivity contribution in [2.24, 2.45) is 5.16 Å². The van der Waals surface area contributed by atoms with Crippen molar-refractivity contribution >= 4 is 69.1 Å². The van der Waals surface area contributed by atoms with Crippen LogP contribution in [0.15, 0.2) is 45.3 Å². The van der Waals surface area contributed by atoms with E-state index in [1.807, 2.05) is 0 Å².